The molecule has 1 amide bonds. The maximum Gasteiger partial charge on any atom is 0.226 e. The fourth-order valence-corrected chi connectivity index (χ4v) is 4.42. The number of likely N-dealkylation sites (tertiary alicyclic amines) is 2. The number of hydrogen-bond donors (Lipinski definition) is 0. The Kier molecular flexibility index (Phi) is 4.31. The van der Waals surface area contributed by atoms with E-state index in [2.05, 4.69) is 20.9 Å². The van der Waals surface area contributed by atoms with E-state index >= 15 is 0 Å². The Morgan fingerprint density at radius 2 is 1.96 bits per heavy atom. The van der Waals surface area contributed by atoms with Crippen LogP contribution in [0.15, 0.2) is 24.4 Å². The minimum Gasteiger partial charge on any atom is -0.381 e. The molecule has 0 aliphatic carbocycles. The molecule has 0 saturated carbocycles. The number of ether oxygens (including phenoxy) is 1. The number of carbonyl (C=O) groups is 1. The van der Waals surface area contributed by atoms with Crippen LogP contribution in [0, 0.1) is 5.92 Å². The minimum atomic E-state index is 0.187. The van der Waals surface area contributed by atoms with Crippen molar-refractivity contribution in [1.29, 1.82) is 0 Å². The van der Waals surface area contributed by atoms with Gasteiger partial charge in [0.15, 0.2) is 0 Å². The average Bonchev–Trinajstić information content (AvgIpc) is 3.19. The van der Waals surface area contributed by atoms with Crippen molar-refractivity contribution in [3.8, 4) is 0 Å². The Balaban J connectivity index is 1.40. The van der Waals surface area contributed by atoms with E-state index in [9.17, 15) is 4.79 Å². The van der Waals surface area contributed by atoms with Gasteiger partial charge in [-0.1, -0.05) is 6.07 Å². The minimum absolute atomic E-state index is 0.187. The van der Waals surface area contributed by atoms with Gasteiger partial charge in [0.1, 0.15) is 0 Å². The smallest absolute Gasteiger partial charge is 0.226 e. The highest BCUT2D eigenvalue weighted by Crippen LogP contribution is 2.34. The van der Waals surface area contributed by atoms with Crippen molar-refractivity contribution in [3.63, 3.8) is 0 Å². The van der Waals surface area contributed by atoms with Gasteiger partial charge in [-0.05, 0) is 37.8 Å². The number of carbonyl (C=O) groups excluding carboxylic acids is 1. The standard InChI is InChI=1S/C18H25N3O2/c22-18(14-6-11-23-12-7-14)21-10-5-16-17(21)4-9-20(16)13-15-3-1-2-8-19-15/h1-3,8,14,16-17H,4-7,9-13H2. The lowest BCUT2D eigenvalue weighted by molar-refractivity contribution is -0.139. The van der Waals surface area contributed by atoms with Crippen LogP contribution in [0.25, 0.3) is 0 Å². The fraction of sp³-hybridized carbons (Fsp3) is 0.667. The zero-order valence-corrected chi connectivity index (χ0v) is 13.6. The van der Waals surface area contributed by atoms with Crippen LogP contribution in [0.3, 0.4) is 0 Å². The van der Waals surface area contributed by atoms with E-state index in [4.69, 9.17) is 4.74 Å². The summed E-state index contributed by atoms with van der Waals surface area (Å²) >= 11 is 0. The van der Waals surface area contributed by atoms with Crippen LogP contribution < -0.4 is 0 Å². The van der Waals surface area contributed by atoms with Crippen molar-refractivity contribution in [2.75, 3.05) is 26.3 Å². The highest BCUT2D eigenvalue weighted by molar-refractivity contribution is 5.79. The van der Waals surface area contributed by atoms with Gasteiger partial charge in [-0.25, -0.2) is 0 Å². The number of aromatic nitrogens is 1. The zero-order valence-electron chi connectivity index (χ0n) is 13.6. The fourth-order valence-electron chi connectivity index (χ4n) is 4.42. The molecule has 2 atom stereocenters. The second-order valence-corrected chi connectivity index (χ2v) is 6.92. The molecule has 3 aliphatic heterocycles. The van der Waals surface area contributed by atoms with Crippen molar-refractivity contribution < 1.29 is 9.53 Å². The maximum absolute atomic E-state index is 12.8. The summed E-state index contributed by atoms with van der Waals surface area (Å²) in [6.07, 6.45) is 5.85. The van der Waals surface area contributed by atoms with Crippen LogP contribution in [0.2, 0.25) is 0 Å². The van der Waals surface area contributed by atoms with Gasteiger partial charge in [0.05, 0.1) is 5.69 Å². The van der Waals surface area contributed by atoms with E-state index in [1.54, 1.807) is 0 Å². The molecule has 0 bridgehead atoms. The van der Waals surface area contributed by atoms with Gasteiger partial charge in [-0.2, -0.15) is 0 Å². The summed E-state index contributed by atoms with van der Waals surface area (Å²) in [5, 5.41) is 0. The second-order valence-electron chi connectivity index (χ2n) is 6.92. The van der Waals surface area contributed by atoms with Gasteiger partial charge in [0.25, 0.3) is 0 Å². The van der Waals surface area contributed by atoms with Gasteiger partial charge in [-0.3, -0.25) is 14.7 Å². The lowest BCUT2D eigenvalue weighted by Crippen LogP contribution is -2.43. The van der Waals surface area contributed by atoms with Gasteiger partial charge in [0, 0.05) is 57.0 Å². The highest BCUT2D eigenvalue weighted by Gasteiger charge is 2.45. The summed E-state index contributed by atoms with van der Waals surface area (Å²) in [7, 11) is 0. The first kappa shape index (κ1) is 15.1. The molecule has 1 aromatic rings. The molecule has 23 heavy (non-hydrogen) atoms. The molecule has 0 aromatic carbocycles. The molecule has 0 N–H and O–H groups in total. The Morgan fingerprint density at radius 3 is 2.74 bits per heavy atom. The number of hydrogen-bond acceptors (Lipinski definition) is 4. The third-order valence-electron chi connectivity index (χ3n) is 5.64. The van der Waals surface area contributed by atoms with Crippen LogP contribution in [-0.2, 0) is 16.1 Å². The Morgan fingerprint density at radius 1 is 1.13 bits per heavy atom. The normalized spacial score (nSPS) is 29.0. The molecule has 3 saturated heterocycles. The molecule has 3 aliphatic rings. The summed E-state index contributed by atoms with van der Waals surface area (Å²) in [6, 6.07) is 7.02. The number of amides is 1. The van der Waals surface area contributed by atoms with Gasteiger partial charge >= 0.3 is 0 Å². The molecule has 1 aromatic heterocycles. The topological polar surface area (TPSA) is 45.7 Å². The lowest BCUT2D eigenvalue weighted by Gasteiger charge is -2.30. The van der Waals surface area contributed by atoms with Crippen LogP contribution >= 0.6 is 0 Å². The number of pyridine rings is 1. The van der Waals surface area contributed by atoms with Crippen molar-refractivity contribution in [3.05, 3.63) is 30.1 Å². The first-order chi connectivity index (χ1) is 11.3. The molecule has 5 nitrogen and oxygen atoms in total. The van der Waals surface area contributed by atoms with E-state index in [0.717, 1.165) is 64.2 Å². The predicted octanol–water partition coefficient (Wildman–Crippen LogP) is 1.68. The van der Waals surface area contributed by atoms with E-state index in [0.29, 0.717) is 18.0 Å². The largest absolute Gasteiger partial charge is 0.381 e. The zero-order chi connectivity index (χ0) is 15.6. The van der Waals surface area contributed by atoms with Crippen molar-refractivity contribution in [1.82, 2.24) is 14.8 Å². The van der Waals surface area contributed by atoms with E-state index in [1.807, 2.05) is 18.3 Å². The summed E-state index contributed by atoms with van der Waals surface area (Å²) in [6.45, 7) is 4.38. The quantitative estimate of drug-likeness (QED) is 0.851. The molecule has 4 rings (SSSR count). The first-order valence-corrected chi connectivity index (χ1v) is 8.85. The molecular formula is C18H25N3O2. The maximum atomic E-state index is 12.8. The molecular weight excluding hydrogens is 290 g/mol. The number of nitrogens with zero attached hydrogens (tertiary/aromatic N) is 3. The summed E-state index contributed by atoms with van der Waals surface area (Å²) in [4.78, 5) is 22.0. The SMILES string of the molecule is O=C(C1CCOCC1)N1CCC2C1CCN2Cc1ccccn1. The summed E-state index contributed by atoms with van der Waals surface area (Å²) in [5.74, 6) is 0.563. The number of rotatable bonds is 3. The molecule has 5 heteroatoms. The third kappa shape index (κ3) is 3.00. The van der Waals surface area contributed by atoms with Gasteiger partial charge in [-0.15, -0.1) is 0 Å². The molecule has 0 spiro atoms. The van der Waals surface area contributed by atoms with Crippen LogP contribution in [-0.4, -0.2) is 59.1 Å². The van der Waals surface area contributed by atoms with Crippen molar-refractivity contribution in [2.45, 2.75) is 44.3 Å². The van der Waals surface area contributed by atoms with Crippen LogP contribution in [0.5, 0.6) is 0 Å². The molecule has 124 valence electrons. The van der Waals surface area contributed by atoms with Gasteiger partial charge in [0.2, 0.25) is 5.91 Å². The molecule has 0 radical (unpaired) electrons. The second kappa shape index (κ2) is 6.57. The summed E-state index contributed by atoms with van der Waals surface area (Å²) in [5.41, 5.74) is 1.13. The van der Waals surface area contributed by atoms with E-state index < -0.39 is 0 Å². The van der Waals surface area contributed by atoms with Gasteiger partial charge < -0.3 is 9.64 Å². The Hall–Kier alpha value is -1.46. The van der Waals surface area contributed by atoms with Crippen LogP contribution in [0.1, 0.15) is 31.4 Å². The van der Waals surface area contributed by atoms with Crippen molar-refractivity contribution >= 4 is 5.91 Å². The molecule has 2 unspecified atom stereocenters. The summed E-state index contributed by atoms with van der Waals surface area (Å²) < 4.78 is 5.40. The van der Waals surface area contributed by atoms with Crippen LogP contribution in [0.4, 0.5) is 0 Å². The number of fused-ring (bicyclic) bond motifs is 1. The first-order valence-electron chi connectivity index (χ1n) is 8.85. The molecule has 4 heterocycles. The highest BCUT2D eigenvalue weighted by atomic mass is 16.5. The van der Waals surface area contributed by atoms with Crippen molar-refractivity contribution in [2.24, 2.45) is 5.92 Å². The Labute approximate surface area is 137 Å². The predicted molar refractivity (Wildman–Crippen MR) is 86.7 cm³/mol. The lowest BCUT2D eigenvalue weighted by atomic mass is 9.98. The van der Waals surface area contributed by atoms with E-state index in [-0.39, 0.29) is 5.92 Å². The Bertz CT molecular complexity index is 544. The third-order valence-corrected chi connectivity index (χ3v) is 5.64. The van der Waals surface area contributed by atoms with E-state index in [1.165, 1.54) is 0 Å². The average molecular weight is 315 g/mol. The molecule has 3 fully saturated rings. The monoisotopic (exact) mass is 315 g/mol.